The molecule has 90 valence electrons. The topological polar surface area (TPSA) is 88.7 Å². The number of nitrogen functional groups attached to an aromatic ring is 1. The van der Waals surface area contributed by atoms with Gasteiger partial charge in [-0.25, -0.2) is 0 Å². The second kappa shape index (κ2) is 4.32. The molecule has 0 aliphatic heterocycles. The molecule has 1 amide bonds. The second-order valence-electron chi connectivity index (χ2n) is 3.86. The number of H-pyrrole nitrogens is 1. The standard InChI is InChI=1S/C11H15N5O/c1-3-8-5-10(15-14-8)13-11(17)9-4-7(12)6-16(9)2/h4-6H,3,12H2,1-2H3,(H2,13,14,15,17). The Labute approximate surface area is 98.8 Å². The van der Waals surface area contributed by atoms with E-state index in [4.69, 9.17) is 5.73 Å². The first-order valence-electron chi connectivity index (χ1n) is 5.37. The van der Waals surface area contributed by atoms with Gasteiger partial charge in [-0.05, 0) is 12.5 Å². The van der Waals surface area contributed by atoms with Crippen molar-refractivity contribution in [3.05, 3.63) is 29.7 Å². The van der Waals surface area contributed by atoms with Crippen LogP contribution < -0.4 is 11.1 Å². The Morgan fingerprint density at radius 1 is 1.59 bits per heavy atom. The van der Waals surface area contributed by atoms with Crippen LogP contribution >= 0.6 is 0 Å². The summed E-state index contributed by atoms with van der Waals surface area (Å²) in [6.07, 6.45) is 2.54. The molecule has 4 N–H and O–H groups in total. The van der Waals surface area contributed by atoms with Crippen molar-refractivity contribution in [3.63, 3.8) is 0 Å². The summed E-state index contributed by atoms with van der Waals surface area (Å²) in [6.45, 7) is 2.01. The summed E-state index contributed by atoms with van der Waals surface area (Å²) in [5.74, 6) is 0.296. The highest BCUT2D eigenvalue weighted by molar-refractivity contribution is 6.03. The van der Waals surface area contributed by atoms with Gasteiger partial charge in [0.05, 0.1) is 5.69 Å². The van der Waals surface area contributed by atoms with Crippen LogP contribution in [0, 0.1) is 0 Å². The first kappa shape index (κ1) is 11.3. The fraction of sp³-hybridized carbons (Fsp3) is 0.273. The smallest absolute Gasteiger partial charge is 0.273 e. The summed E-state index contributed by atoms with van der Waals surface area (Å²) in [6, 6.07) is 3.44. The summed E-state index contributed by atoms with van der Waals surface area (Å²) >= 11 is 0. The first-order chi connectivity index (χ1) is 8.10. The van der Waals surface area contributed by atoms with Crippen molar-refractivity contribution in [3.8, 4) is 0 Å². The van der Waals surface area contributed by atoms with Gasteiger partial charge >= 0.3 is 0 Å². The van der Waals surface area contributed by atoms with Gasteiger partial charge in [-0.15, -0.1) is 0 Å². The predicted octanol–water partition coefficient (Wildman–Crippen LogP) is 1.15. The normalized spacial score (nSPS) is 10.5. The second-order valence-corrected chi connectivity index (χ2v) is 3.86. The molecule has 0 spiro atoms. The van der Waals surface area contributed by atoms with E-state index < -0.39 is 0 Å². The van der Waals surface area contributed by atoms with Gasteiger partial charge in [0.2, 0.25) is 0 Å². The molecule has 0 saturated heterocycles. The Hall–Kier alpha value is -2.24. The fourth-order valence-corrected chi connectivity index (χ4v) is 1.60. The Bertz CT molecular complexity index is 540. The maximum absolute atomic E-state index is 11.9. The maximum atomic E-state index is 11.9. The number of aromatic amines is 1. The molecule has 6 heteroatoms. The Kier molecular flexibility index (Phi) is 2.86. The van der Waals surface area contributed by atoms with Crippen LogP contribution in [0.5, 0.6) is 0 Å². The molecule has 0 aliphatic rings. The molecule has 0 atom stereocenters. The number of anilines is 2. The number of nitrogens with zero attached hydrogens (tertiary/aromatic N) is 2. The number of nitrogens with one attached hydrogen (secondary N) is 2. The zero-order valence-corrected chi connectivity index (χ0v) is 9.82. The lowest BCUT2D eigenvalue weighted by molar-refractivity contribution is 0.101. The molecule has 0 aromatic carbocycles. The highest BCUT2D eigenvalue weighted by atomic mass is 16.2. The van der Waals surface area contributed by atoms with Crippen molar-refractivity contribution in [1.29, 1.82) is 0 Å². The van der Waals surface area contributed by atoms with E-state index in [1.165, 1.54) is 0 Å². The van der Waals surface area contributed by atoms with Gasteiger partial charge < -0.3 is 15.6 Å². The van der Waals surface area contributed by atoms with Gasteiger partial charge in [-0.2, -0.15) is 5.10 Å². The third-order valence-electron chi connectivity index (χ3n) is 2.51. The van der Waals surface area contributed by atoms with Crippen molar-refractivity contribution in [1.82, 2.24) is 14.8 Å². The highest BCUT2D eigenvalue weighted by Crippen LogP contribution is 2.12. The number of aryl methyl sites for hydroxylation is 2. The summed E-state index contributed by atoms with van der Waals surface area (Å²) < 4.78 is 1.68. The van der Waals surface area contributed by atoms with E-state index in [1.54, 1.807) is 23.9 Å². The lowest BCUT2D eigenvalue weighted by Crippen LogP contribution is -2.15. The van der Waals surface area contributed by atoms with Crippen molar-refractivity contribution in [2.24, 2.45) is 7.05 Å². The molecule has 0 unspecified atom stereocenters. The van der Waals surface area contributed by atoms with Gasteiger partial charge in [0.25, 0.3) is 5.91 Å². The van der Waals surface area contributed by atoms with E-state index in [2.05, 4.69) is 15.5 Å². The average Bonchev–Trinajstić information content (AvgIpc) is 2.85. The molecule has 0 bridgehead atoms. The number of amides is 1. The number of carbonyl (C=O) groups is 1. The Morgan fingerprint density at radius 3 is 2.88 bits per heavy atom. The van der Waals surface area contributed by atoms with Gasteiger partial charge in [-0.1, -0.05) is 6.92 Å². The van der Waals surface area contributed by atoms with Gasteiger partial charge in [0, 0.05) is 25.0 Å². The molecular weight excluding hydrogens is 218 g/mol. The molecule has 0 radical (unpaired) electrons. The van der Waals surface area contributed by atoms with E-state index in [-0.39, 0.29) is 5.91 Å². The minimum atomic E-state index is -0.224. The number of carbonyl (C=O) groups excluding carboxylic acids is 1. The van der Waals surface area contributed by atoms with Crippen molar-refractivity contribution in [2.75, 3.05) is 11.1 Å². The maximum Gasteiger partial charge on any atom is 0.273 e. The summed E-state index contributed by atoms with van der Waals surface area (Å²) in [7, 11) is 1.77. The lowest BCUT2D eigenvalue weighted by Gasteiger charge is -2.02. The molecule has 2 aromatic heterocycles. The van der Waals surface area contributed by atoms with Crippen LogP contribution in [0.4, 0.5) is 11.5 Å². The zero-order chi connectivity index (χ0) is 12.4. The predicted molar refractivity (Wildman–Crippen MR) is 65.7 cm³/mol. The van der Waals surface area contributed by atoms with E-state index in [0.717, 1.165) is 12.1 Å². The third kappa shape index (κ3) is 2.30. The Morgan fingerprint density at radius 2 is 2.35 bits per heavy atom. The van der Waals surface area contributed by atoms with Crippen LogP contribution in [0.25, 0.3) is 0 Å². The number of aromatic nitrogens is 3. The molecule has 0 saturated carbocycles. The largest absolute Gasteiger partial charge is 0.397 e. The minimum Gasteiger partial charge on any atom is -0.397 e. The first-order valence-corrected chi connectivity index (χ1v) is 5.37. The van der Waals surface area contributed by atoms with Crippen LogP contribution in [-0.4, -0.2) is 20.7 Å². The van der Waals surface area contributed by atoms with Gasteiger partial charge in [0.15, 0.2) is 5.82 Å². The van der Waals surface area contributed by atoms with E-state index in [0.29, 0.717) is 17.2 Å². The molecule has 6 nitrogen and oxygen atoms in total. The molecular formula is C11H15N5O. The lowest BCUT2D eigenvalue weighted by atomic mass is 10.3. The van der Waals surface area contributed by atoms with Crippen LogP contribution in [0.1, 0.15) is 23.1 Å². The third-order valence-corrected chi connectivity index (χ3v) is 2.51. The van der Waals surface area contributed by atoms with Crippen molar-refractivity contribution in [2.45, 2.75) is 13.3 Å². The Balaban J connectivity index is 2.14. The number of hydrogen-bond acceptors (Lipinski definition) is 3. The van der Waals surface area contributed by atoms with Gasteiger partial charge in [-0.3, -0.25) is 9.89 Å². The van der Waals surface area contributed by atoms with E-state index in [9.17, 15) is 4.79 Å². The molecule has 17 heavy (non-hydrogen) atoms. The fourth-order valence-electron chi connectivity index (χ4n) is 1.60. The number of nitrogens with two attached hydrogens (primary N) is 1. The average molecular weight is 233 g/mol. The van der Waals surface area contributed by atoms with E-state index >= 15 is 0 Å². The molecule has 2 heterocycles. The molecule has 0 aliphatic carbocycles. The summed E-state index contributed by atoms with van der Waals surface area (Å²) in [5.41, 5.74) is 7.66. The zero-order valence-electron chi connectivity index (χ0n) is 9.82. The summed E-state index contributed by atoms with van der Waals surface area (Å²) in [4.78, 5) is 11.9. The minimum absolute atomic E-state index is 0.224. The van der Waals surface area contributed by atoms with Crippen molar-refractivity contribution >= 4 is 17.4 Å². The molecule has 2 rings (SSSR count). The number of hydrogen-bond donors (Lipinski definition) is 3. The highest BCUT2D eigenvalue weighted by Gasteiger charge is 2.12. The number of rotatable bonds is 3. The van der Waals surface area contributed by atoms with Crippen LogP contribution in [0.3, 0.4) is 0 Å². The molecule has 2 aromatic rings. The summed E-state index contributed by atoms with van der Waals surface area (Å²) in [5, 5.41) is 9.54. The SMILES string of the molecule is CCc1cc(NC(=O)c2cc(N)cn2C)n[nH]1. The van der Waals surface area contributed by atoms with Crippen LogP contribution in [-0.2, 0) is 13.5 Å². The van der Waals surface area contributed by atoms with E-state index in [1.807, 2.05) is 13.0 Å². The molecule has 0 fully saturated rings. The van der Waals surface area contributed by atoms with Crippen LogP contribution in [0.2, 0.25) is 0 Å². The van der Waals surface area contributed by atoms with Crippen LogP contribution in [0.15, 0.2) is 18.3 Å². The monoisotopic (exact) mass is 233 g/mol. The van der Waals surface area contributed by atoms with Gasteiger partial charge in [0.1, 0.15) is 5.69 Å². The quantitative estimate of drug-likeness (QED) is 0.742. The van der Waals surface area contributed by atoms with Crippen molar-refractivity contribution < 1.29 is 4.79 Å².